The number of hydrogen-bond acceptors (Lipinski definition) is 1. The molecule has 0 saturated carbocycles. The van der Waals surface area contributed by atoms with Crippen LogP contribution in [-0.4, -0.2) is 12.6 Å². The molecule has 2 rings (SSSR count). The average molecular weight is 317 g/mol. The molecule has 0 radical (unpaired) electrons. The zero-order valence-corrected chi connectivity index (χ0v) is 13.7. The summed E-state index contributed by atoms with van der Waals surface area (Å²) in [5.41, 5.74) is 3.02. The Bertz CT molecular complexity index is 640. The maximum Gasteiger partial charge on any atom is 0.319 e. The number of carbonyl (C=O) groups is 1. The molecule has 0 unspecified atom stereocenters. The van der Waals surface area contributed by atoms with Crippen molar-refractivity contribution in [1.82, 2.24) is 5.32 Å². The summed E-state index contributed by atoms with van der Waals surface area (Å²) in [6.07, 6.45) is 0.707. The minimum atomic E-state index is -0.194. The number of anilines is 1. The summed E-state index contributed by atoms with van der Waals surface area (Å²) in [7, 11) is 0. The Labute approximate surface area is 136 Å². The molecular formula is C18H21ClN2O. The van der Waals surface area contributed by atoms with Crippen molar-refractivity contribution in [2.45, 2.75) is 26.2 Å². The summed E-state index contributed by atoms with van der Waals surface area (Å²) < 4.78 is 0. The number of benzene rings is 2. The molecule has 0 bridgehead atoms. The molecule has 0 aliphatic heterocycles. The van der Waals surface area contributed by atoms with Crippen molar-refractivity contribution in [2.75, 3.05) is 11.9 Å². The van der Waals surface area contributed by atoms with Crippen molar-refractivity contribution in [3.05, 3.63) is 64.7 Å². The highest BCUT2D eigenvalue weighted by atomic mass is 35.5. The molecule has 0 spiro atoms. The Balaban J connectivity index is 1.88. The largest absolute Gasteiger partial charge is 0.338 e. The number of halogens is 1. The predicted molar refractivity (Wildman–Crippen MR) is 92.7 cm³/mol. The third kappa shape index (κ3) is 4.50. The molecule has 22 heavy (non-hydrogen) atoms. The summed E-state index contributed by atoms with van der Waals surface area (Å²) in [4.78, 5) is 12.0. The van der Waals surface area contributed by atoms with Gasteiger partial charge in [-0.2, -0.15) is 0 Å². The van der Waals surface area contributed by atoms with Crippen LogP contribution >= 0.6 is 11.6 Å². The van der Waals surface area contributed by atoms with Gasteiger partial charge in [-0.3, -0.25) is 0 Å². The first-order chi connectivity index (χ1) is 10.6. The minimum Gasteiger partial charge on any atom is -0.338 e. The third-order valence-corrected chi connectivity index (χ3v) is 3.84. The summed E-state index contributed by atoms with van der Waals surface area (Å²) in [6.45, 7) is 4.76. The summed E-state index contributed by atoms with van der Waals surface area (Å²) >= 11 is 6.10. The number of para-hydroxylation sites is 1. The van der Waals surface area contributed by atoms with E-state index in [1.807, 2.05) is 48.5 Å². The van der Waals surface area contributed by atoms with E-state index in [-0.39, 0.29) is 6.03 Å². The van der Waals surface area contributed by atoms with Crippen LogP contribution in [-0.2, 0) is 6.42 Å². The van der Waals surface area contributed by atoms with Crippen LogP contribution in [0.15, 0.2) is 48.5 Å². The van der Waals surface area contributed by atoms with Gasteiger partial charge < -0.3 is 10.6 Å². The summed E-state index contributed by atoms with van der Waals surface area (Å²) in [6, 6.07) is 15.3. The summed E-state index contributed by atoms with van der Waals surface area (Å²) in [5.74, 6) is 0.361. The molecule has 0 aliphatic carbocycles. The van der Waals surface area contributed by atoms with Crippen LogP contribution in [0.3, 0.4) is 0 Å². The van der Waals surface area contributed by atoms with Crippen LogP contribution < -0.4 is 10.6 Å². The maximum absolute atomic E-state index is 12.0. The molecule has 0 aromatic heterocycles. The van der Waals surface area contributed by atoms with Gasteiger partial charge in [0.25, 0.3) is 0 Å². The van der Waals surface area contributed by atoms with Crippen molar-refractivity contribution in [3.8, 4) is 0 Å². The number of urea groups is 1. The number of hydrogen-bond donors (Lipinski definition) is 2. The Morgan fingerprint density at radius 2 is 1.77 bits per heavy atom. The van der Waals surface area contributed by atoms with E-state index in [2.05, 4.69) is 24.5 Å². The van der Waals surface area contributed by atoms with Gasteiger partial charge in [0, 0.05) is 17.3 Å². The Morgan fingerprint density at radius 3 is 2.50 bits per heavy atom. The van der Waals surface area contributed by atoms with Crippen molar-refractivity contribution in [1.29, 1.82) is 0 Å². The van der Waals surface area contributed by atoms with Gasteiger partial charge in [-0.15, -0.1) is 0 Å². The van der Waals surface area contributed by atoms with E-state index >= 15 is 0 Å². The number of nitrogens with one attached hydrogen (secondary N) is 2. The molecule has 3 nitrogen and oxygen atoms in total. The molecule has 4 heteroatoms. The lowest BCUT2D eigenvalue weighted by atomic mass is 10.0. The first-order valence-corrected chi connectivity index (χ1v) is 7.83. The van der Waals surface area contributed by atoms with E-state index in [1.54, 1.807) is 0 Å². The third-order valence-electron chi connectivity index (χ3n) is 3.47. The zero-order valence-electron chi connectivity index (χ0n) is 12.9. The molecular weight excluding hydrogens is 296 g/mol. The zero-order chi connectivity index (χ0) is 15.9. The van der Waals surface area contributed by atoms with Gasteiger partial charge >= 0.3 is 6.03 Å². The van der Waals surface area contributed by atoms with Gasteiger partial charge in [-0.25, -0.2) is 4.79 Å². The second-order valence-electron chi connectivity index (χ2n) is 5.46. The highest BCUT2D eigenvalue weighted by molar-refractivity contribution is 6.31. The van der Waals surface area contributed by atoms with Crippen LogP contribution in [0.1, 0.15) is 30.9 Å². The maximum atomic E-state index is 12.0. The molecule has 2 amide bonds. The molecule has 116 valence electrons. The van der Waals surface area contributed by atoms with Crippen molar-refractivity contribution < 1.29 is 4.79 Å². The quantitative estimate of drug-likeness (QED) is 0.815. The molecule has 0 heterocycles. The highest BCUT2D eigenvalue weighted by Crippen LogP contribution is 2.23. The predicted octanol–water partition coefficient (Wildman–Crippen LogP) is 4.83. The van der Waals surface area contributed by atoms with Crippen LogP contribution in [0.2, 0.25) is 5.02 Å². The highest BCUT2D eigenvalue weighted by Gasteiger charge is 2.08. The second kappa shape index (κ2) is 7.85. The molecule has 2 aromatic carbocycles. The topological polar surface area (TPSA) is 41.1 Å². The van der Waals surface area contributed by atoms with Crippen LogP contribution in [0.4, 0.5) is 10.5 Å². The Hall–Kier alpha value is -2.00. The van der Waals surface area contributed by atoms with E-state index in [0.29, 0.717) is 18.9 Å². The second-order valence-corrected chi connectivity index (χ2v) is 5.87. The van der Waals surface area contributed by atoms with Crippen LogP contribution in [0, 0.1) is 0 Å². The number of amides is 2. The van der Waals surface area contributed by atoms with E-state index in [4.69, 9.17) is 11.6 Å². The first-order valence-electron chi connectivity index (χ1n) is 7.45. The average Bonchev–Trinajstić information content (AvgIpc) is 2.49. The fraction of sp³-hybridized carbons (Fsp3) is 0.278. The van der Waals surface area contributed by atoms with Crippen molar-refractivity contribution >= 4 is 23.3 Å². The van der Waals surface area contributed by atoms with E-state index in [1.165, 1.54) is 0 Å². The molecule has 0 atom stereocenters. The fourth-order valence-corrected chi connectivity index (χ4v) is 2.52. The SMILES string of the molecule is CC(C)c1ccccc1NC(=O)NCCc1ccccc1Cl. The molecule has 0 saturated heterocycles. The van der Waals surface area contributed by atoms with Gasteiger partial charge in [0.1, 0.15) is 0 Å². The molecule has 2 aromatic rings. The van der Waals surface area contributed by atoms with Crippen LogP contribution in [0.25, 0.3) is 0 Å². The normalized spacial score (nSPS) is 10.5. The lowest BCUT2D eigenvalue weighted by Crippen LogP contribution is -2.30. The van der Waals surface area contributed by atoms with Crippen molar-refractivity contribution in [3.63, 3.8) is 0 Å². The minimum absolute atomic E-state index is 0.194. The smallest absolute Gasteiger partial charge is 0.319 e. The number of carbonyl (C=O) groups excluding carboxylic acids is 1. The van der Waals surface area contributed by atoms with E-state index < -0.39 is 0 Å². The monoisotopic (exact) mass is 316 g/mol. The molecule has 2 N–H and O–H groups in total. The molecule has 0 aliphatic rings. The fourth-order valence-electron chi connectivity index (χ4n) is 2.29. The van der Waals surface area contributed by atoms with Crippen LogP contribution in [0.5, 0.6) is 0 Å². The van der Waals surface area contributed by atoms with E-state index in [9.17, 15) is 4.79 Å². The van der Waals surface area contributed by atoms with Gasteiger partial charge in [0.15, 0.2) is 0 Å². The van der Waals surface area contributed by atoms with Gasteiger partial charge in [-0.05, 0) is 35.6 Å². The standard InChI is InChI=1S/C18H21ClN2O/c1-13(2)15-8-4-6-10-17(15)21-18(22)20-12-11-14-7-3-5-9-16(14)19/h3-10,13H,11-12H2,1-2H3,(H2,20,21,22). The first kappa shape index (κ1) is 16.4. The van der Waals surface area contributed by atoms with Gasteiger partial charge in [0.05, 0.1) is 0 Å². The van der Waals surface area contributed by atoms with Gasteiger partial charge in [-0.1, -0.05) is 61.8 Å². The van der Waals surface area contributed by atoms with Crippen molar-refractivity contribution in [2.24, 2.45) is 0 Å². The lowest BCUT2D eigenvalue weighted by molar-refractivity contribution is 0.252. The summed E-state index contributed by atoms with van der Waals surface area (Å²) in [5, 5.41) is 6.51. The van der Waals surface area contributed by atoms with E-state index in [0.717, 1.165) is 21.8 Å². The number of rotatable bonds is 5. The molecule has 0 fully saturated rings. The Morgan fingerprint density at radius 1 is 1.09 bits per heavy atom. The lowest BCUT2D eigenvalue weighted by Gasteiger charge is -2.14. The Kier molecular flexibility index (Phi) is 5.84. The van der Waals surface area contributed by atoms with Gasteiger partial charge in [0.2, 0.25) is 0 Å².